The van der Waals surface area contributed by atoms with E-state index in [2.05, 4.69) is 0 Å². The lowest BCUT2D eigenvalue weighted by Gasteiger charge is -2.21. The van der Waals surface area contributed by atoms with Crippen LogP contribution in [0.2, 0.25) is 10.0 Å². The molecule has 0 fully saturated rings. The first-order valence-corrected chi connectivity index (χ1v) is 8.79. The molecular formula is C20H16Cl2N2O3. The summed E-state index contributed by atoms with van der Waals surface area (Å²) in [5.41, 5.74) is 1.31. The number of halogens is 2. The molecule has 0 unspecified atom stereocenters. The molecule has 0 aliphatic heterocycles. The largest absolute Gasteiger partial charge is 0.452 e. The molecule has 2 aromatic rings. The molecule has 1 amide bonds. The van der Waals surface area contributed by atoms with Crippen molar-refractivity contribution in [1.29, 1.82) is 5.26 Å². The average Bonchev–Trinajstić information content (AvgIpc) is 2.68. The van der Waals surface area contributed by atoms with E-state index in [1.54, 1.807) is 42.5 Å². The summed E-state index contributed by atoms with van der Waals surface area (Å²) >= 11 is 11.7. The van der Waals surface area contributed by atoms with Gasteiger partial charge in [-0.25, -0.2) is 4.79 Å². The molecule has 27 heavy (non-hydrogen) atoms. The molecule has 0 bridgehead atoms. The summed E-state index contributed by atoms with van der Waals surface area (Å²) in [6.07, 6.45) is 2.89. The molecule has 7 heteroatoms. The van der Waals surface area contributed by atoms with Gasteiger partial charge < -0.3 is 9.64 Å². The molecule has 0 aliphatic carbocycles. The molecule has 0 aliphatic rings. The summed E-state index contributed by atoms with van der Waals surface area (Å²) in [4.78, 5) is 25.7. The molecular weight excluding hydrogens is 387 g/mol. The molecule has 0 saturated heterocycles. The highest BCUT2D eigenvalue weighted by molar-refractivity contribution is 6.42. The van der Waals surface area contributed by atoms with Gasteiger partial charge in [0.25, 0.3) is 5.91 Å². The third kappa shape index (κ3) is 6.45. The van der Waals surface area contributed by atoms with E-state index in [4.69, 9.17) is 33.2 Å². The average molecular weight is 403 g/mol. The maximum Gasteiger partial charge on any atom is 0.331 e. The monoisotopic (exact) mass is 402 g/mol. The van der Waals surface area contributed by atoms with E-state index < -0.39 is 18.5 Å². The van der Waals surface area contributed by atoms with E-state index in [1.165, 1.54) is 17.1 Å². The first kappa shape index (κ1) is 20.5. The number of hydrogen-bond donors (Lipinski definition) is 0. The number of nitrogens with zero attached hydrogens (tertiary/aromatic N) is 2. The van der Waals surface area contributed by atoms with Crippen molar-refractivity contribution in [3.05, 3.63) is 70.2 Å². The van der Waals surface area contributed by atoms with E-state index in [-0.39, 0.29) is 13.0 Å². The van der Waals surface area contributed by atoms with Crippen LogP contribution in [0.15, 0.2) is 54.6 Å². The highest BCUT2D eigenvalue weighted by Gasteiger charge is 2.16. The van der Waals surface area contributed by atoms with Crippen LogP contribution in [-0.4, -0.2) is 25.0 Å². The lowest BCUT2D eigenvalue weighted by molar-refractivity contribution is -0.142. The van der Waals surface area contributed by atoms with Crippen molar-refractivity contribution < 1.29 is 14.3 Å². The molecule has 0 heterocycles. The number of benzene rings is 2. The van der Waals surface area contributed by atoms with Crippen LogP contribution < -0.4 is 4.90 Å². The Labute approximate surface area is 167 Å². The minimum absolute atomic E-state index is 0.172. The van der Waals surface area contributed by atoms with Gasteiger partial charge in [-0.1, -0.05) is 47.5 Å². The minimum atomic E-state index is -0.664. The molecule has 0 saturated carbocycles. The van der Waals surface area contributed by atoms with Crippen LogP contribution in [0.5, 0.6) is 0 Å². The van der Waals surface area contributed by atoms with Crippen molar-refractivity contribution in [2.45, 2.75) is 6.42 Å². The van der Waals surface area contributed by atoms with Crippen LogP contribution in [0.3, 0.4) is 0 Å². The normalized spacial score (nSPS) is 10.4. The number of ether oxygens (including phenoxy) is 1. The second kappa shape index (κ2) is 10.4. The van der Waals surface area contributed by atoms with Gasteiger partial charge >= 0.3 is 5.97 Å². The van der Waals surface area contributed by atoms with Gasteiger partial charge in [0.05, 0.1) is 22.5 Å². The third-order valence-electron chi connectivity index (χ3n) is 3.51. The van der Waals surface area contributed by atoms with Crippen LogP contribution in [0.1, 0.15) is 12.0 Å². The standard InChI is InChI=1S/C20H16Cl2N2O3/c21-17-9-7-15(13-18(17)22)8-10-20(26)27-14-19(25)24(12-4-11-23)16-5-2-1-3-6-16/h1-3,5-10,13H,4,12,14H2/b10-8+. The van der Waals surface area contributed by atoms with Crippen LogP contribution in [0, 0.1) is 11.3 Å². The van der Waals surface area contributed by atoms with Crippen LogP contribution in [0.4, 0.5) is 5.69 Å². The lowest BCUT2D eigenvalue weighted by atomic mass is 10.2. The molecule has 138 valence electrons. The number of para-hydroxylation sites is 1. The zero-order valence-electron chi connectivity index (χ0n) is 14.3. The van der Waals surface area contributed by atoms with Crippen LogP contribution >= 0.6 is 23.2 Å². The van der Waals surface area contributed by atoms with Crippen molar-refractivity contribution in [3.8, 4) is 6.07 Å². The fourth-order valence-corrected chi connectivity index (χ4v) is 2.51. The van der Waals surface area contributed by atoms with Gasteiger partial charge in [0.2, 0.25) is 0 Å². The highest BCUT2D eigenvalue weighted by Crippen LogP contribution is 2.23. The second-order valence-electron chi connectivity index (χ2n) is 5.40. The van der Waals surface area contributed by atoms with Crippen molar-refractivity contribution in [2.75, 3.05) is 18.1 Å². The first-order valence-electron chi connectivity index (χ1n) is 8.03. The van der Waals surface area contributed by atoms with Gasteiger partial charge in [-0.2, -0.15) is 5.26 Å². The van der Waals surface area contributed by atoms with Gasteiger partial charge in [-0.05, 0) is 35.9 Å². The quantitative estimate of drug-likeness (QED) is 0.504. The van der Waals surface area contributed by atoms with E-state index in [9.17, 15) is 9.59 Å². The van der Waals surface area contributed by atoms with Gasteiger partial charge in [-0.15, -0.1) is 0 Å². The summed E-state index contributed by atoms with van der Waals surface area (Å²) < 4.78 is 5.00. The SMILES string of the molecule is N#CCCN(C(=O)COC(=O)/C=C/c1ccc(Cl)c(Cl)c1)c1ccccc1. The van der Waals surface area contributed by atoms with E-state index in [0.717, 1.165) is 0 Å². The number of esters is 1. The summed E-state index contributed by atoms with van der Waals surface area (Å²) in [6, 6.07) is 15.8. The molecule has 0 radical (unpaired) electrons. The van der Waals surface area contributed by atoms with Crippen molar-refractivity contribution in [2.24, 2.45) is 0 Å². The van der Waals surface area contributed by atoms with Gasteiger partial charge in [-0.3, -0.25) is 4.79 Å². The lowest BCUT2D eigenvalue weighted by Crippen LogP contribution is -2.35. The molecule has 5 nitrogen and oxygen atoms in total. The van der Waals surface area contributed by atoms with Gasteiger partial charge in [0, 0.05) is 18.3 Å². The topological polar surface area (TPSA) is 70.4 Å². The summed E-state index contributed by atoms with van der Waals surface area (Å²) in [7, 11) is 0. The highest BCUT2D eigenvalue weighted by atomic mass is 35.5. The maximum atomic E-state index is 12.4. The molecule has 0 aromatic heterocycles. The molecule has 0 spiro atoms. The maximum absolute atomic E-state index is 12.4. The Morgan fingerprint density at radius 3 is 2.52 bits per heavy atom. The predicted octanol–water partition coefficient (Wildman–Crippen LogP) is 4.50. The number of amides is 1. The summed E-state index contributed by atoms with van der Waals surface area (Å²) in [6.45, 7) is -0.207. The first-order chi connectivity index (χ1) is 13.0. The molecule has 2 rings (SSSR count). The Hall–Kier alpha value is -2.81. The number of carbonyl (C=O) groups is 2. The Balaban J connectivity index is 1.95. The zero-order valence-corrected chi connectivity index (χ0v) is 15.8. The van der Waals surface area contributed by atoms with E-state index in [0.29, 0.717) is 21.3 Å². The summed E-state index contributed by atoms with van der Waals surface area (Å²) in [5, 5.41) is 9.57. The minimum Gasteiger partial charge on any atom is -0.452 e. The van der Waals surface area contributed by atoms with Gasteiger partial charge in [0.1, 0.15) is 0 Å². The molecule has 2 aromatic carbocycles. The number of hydrogen-bond acceptors (Lipinski definition) is 4. The number of nitriles is 1. The van der Waals surface area contributed by atoms with Crippen molar-refractivity contribution in [1.82, 2.24) is 0 Å². The zero-order chi connectivity index (χ0) is 19.6. The Morgan fingerprint density at radius 1 is 1.11 bits per heavy atom. The molecule has 0 N–H and O–H groups in total. The van der Waals surface area contributed by atoms with E-state index >= 15 is 0 Å². The second-order valence-corrected chi connectivity index (χ2v) is 6.22. The van der Waals surface area contributed by atoms with Crippen molar-refractivity contribution >= 4 is 46.8 Å². The van der Waals surface area contributed by atoms with Crippen LogP contribution in [0.25, 0.3) is 6.08 Å². The predicted molar refractivity (Wildman–Crippen MR) is 105 cm³/mol. The third-order valence-corrected chi connectivity index (χ3v) is 4.25. The number of anilines is 1. The fourth-order valence-electron chi connectivity index (χ4n) is 2.21. The Kier molecular flexibility index (Phi) is 7.87. The van der Waals surface area contributed by atoms with Crippen LogP contribution in [-0.2, 0) is 14.3 Å². The summed E-state index contributed by atoms with van der Waals surface area (Å²) in [5.74, 6) is -1.07. The number of carbonyl (C=O) groups excluding carboxylic acids is 2. The van der Waals surface area contributed by atoms with Crippen molar-refractivity contribution in [3.63, 3.8) is 0 Å². The van der Waals surface area contributed by atoms with Gasteiger partial charge in [0.15, 0.2) is 6.61 Å². The smallest absolute Gasteiger partial charge is 0.331 e. The Morgan fingerprint density at radius 2 is 1.85 bits per heavy atom. The Bertz CT molecular complexity index is 877. The molecule has 0 atom stereocenters. The fraction of sp³-hybridized carbons (Fsp3) is 0.150. The number of rotatable bonds is 7. The van der Waals surface area contributed by atoms with E-state index in [1.807, 2.05) is 12.1 Å².